The lowest BCUT2D eigenvalue weighted by atomic mass is 9.82. The standard InChI is InChI=1S/C15H15F3O2/c1-20-14(19)11-8-5-9-12(15(16,17)18)13(11)10-6-3-2-4-7-10/h2-3,5,8-10H,4,6-7H2,1H3. The highest BCUT2D eigenvalue weighted by molar-refractivity contribution is 5.91. The number of ether oxygens (including phenoxy) is 1. The van der Waals surface area contributed by atoms with Crippen molar-refractivity contribution in [2.45, 2.75) is 31.4 Å². The van der Waals surface area contributed by atoms with E-state index in [9.17, 15) is 18.0 Å². The first-order valence-electron chi connectivity index (χ1n) is 6.38. The van der Waals surface area contributed by atoms with E-state index >= 15 is 0 Å². The van der Waals surface area contributed by atoms with E-state index in [2.05, 4.69) is 4.74 Å². The molecule has 0 amide bonds. The molecule has 1 atom stereocenters. The Hall–Kier alpha value is -1.78. The molecule has 1 aromatic carbocycles. The quantitative estimate of drug-likeness (QED) is 0.597. The van der Waals surface area contributed by atoms with Gasteiger partial charge in [0.1, 0.15) is 0 Å². The molecular formula is C15H15F3O2. The zero-order valence-electron chi connectivity index (χ0n) is 11.0. The third-order valence-electron chi connectivity index (χ3n) is 3.49. The Morgan fingerprint density at radius 1 is 1.30 bits per heavy atom. The monoisotopic (exact) mass is 284 g/mol. The lowest BCUT2D eigenvalue weighted by Gasteiger charge is -2.24. The molecule has 0 N–H and O–H groups in total. The van der Waals surface area contributed by atoms with E-state index in [0.29, 0.717) is 12.8 Å². The largest absolute Gasteiger partial charge is 0.465 e. The molecule has 0 radical (unpaired) electrons. The van der Waals surface area contributed by atoms with Crippen LogP contribution in [0, 0.1) is 0 Å². The molecule has 0 spiro atoms. The van der Waals surface area contributed by atoms with E-state index in [1.165, 1.54) is 19.2 Å². The van der Waals surface area contributed by atoms with E-state index < -0.39 is 17.7 Å². The molecule has 1 aliphatic rings. The Morgan fingerprint density at radius 2 is 2.05 bits per heavy atom. The number of benzene rings is 1. The molecule has 0 saturated carbocycles. The van der Waals surface area contributed by atoms with Gasteiger partial charge in [-0.25, -0.2) is 4.79 Å². The fourth-order valence-electron chi connectivity index (χ4n) is 2.60. The molecule has 2 nitrogen and oxygen atoms in total. The van der Waals surface area contributed by atoms with Gasteiger partial charge in [0.15, 0.2) is 0 Å². The molecule has 1 unspecified atom stereocenters. The average Bonchev–Trinajstić information content (AvgIpc) is 2.45. The molecule has 1 aliphatic carbocycles. The van der Waals surface area contributed by atoms with Gasteiger partial charge in [0, 0.05) is 0 Å². The van der Waals surface area contributed by atoms with Gasteiger partial charge in [0.25, 0.3) is 0 Å². The Morgan fingerprint density at radius 3 is 2.60 bits per heavy atom. The summed E-state index contributed by atoms with van der Waals surface area (Å²) in [6.07, 6.45) is 1.18. The van der Waals surface area contributed by atoms with Crippen molar-refractivity contribution in [3.8, 4) is 0 Å². The Balaban J connectivity index is 2.58. The van der Waals surface area contributed by atoms with Crippen molar-refractivity contribution >= 4 is 5.97 Å². The maximum atomic E-state index is 13.2. The smallest absolute Gasteiger partial charge is 0.416 e. The van der Waals surface area contributed by atoms with Gasteiger partial charge in [0.2, 0.25) is 0 Å². The molecule has 20 heavy (non-hydrogen) atoms. The molecular weight excluding hydrogens is 269 g/mol. The first-order chi connectivity index (χ1) is 9.45. The highest BCUT2D eigenvalue weighted by Gasteiger charge is 2.37. The van der Waals surface area contributed by atoms with E-state index in [-0.39, 0.29) is 17.0 Å². The highest BCUT2D eigenvalue weighted by atomic mass is 19.4. The summed E-state index contributed by atoms with van der Waals surface area (Å²) < 4.78 is 44.2. The summed E-state index contributed by atoms with van der Waals surface area (Å²) in [5.74, 6) is -1.02. The van der Waals surface area contributed by atoms with E-state index in [1.807, 2.05) is 12.2 Å². The maximum absolute atomic E-state index is 13.2. The number of alkyl halides is 3. The predicted molar refractivity (Wildman–Crippen MR) is 68.5 cm³/mol. The van der Waals surface area contributed by atoms with Crippen LogP contribution in [0.25, 0.3) is 0 Å². The number of hydrogen-bond acceptors (Lipinski definition) is 2. The number of hydrogen-bond donors (Lipinski definition) is 0. The van der Waals surface area contributed by atoms with Crippen molar-refractivity contribution in [1.82, 2.24) is 0 Å². The second-order valence-electron chi connectivity index (χ2n) is 4.74. The molecule has 0 bridgehead atoms. The fraction of sp³-hybridized carbons (Fsp3) is 0.400. The van der Waals surface area contributed by atoms with Crippen LogP contribution in [0.1, 0.15) is 46.7 Å². The van der Waals surface area contributed by atoms with Gasteiger partial charge in [-0.15, -0.1) is 0 Å². The van der Waals surface area contributed by atoms with Crippen LogP contribution < -0.4 is 0 Å². The lowest BCUT2D eigenvalue weighted by molar-refractivity contribution is -0.138. The molecule has 0 aliphatic heterocycles. The van der Waals surface area contributed by atoms with Crippen molar-refractivity contribution in [3.63, 3.8) is 0 Å². The predicted octanol–water partition coefficient (Wildman–Crippen LogP) is 4.32. The maximum Gasteiger partial charge on any atom is 0.416 e. The van der Waals surface area contributed by atoms with E-state index in [1.54, 1.807) is 0 Å². The molecule has 5 heteroatoms. The normalized spacial score (nSPS) is 18.9. The number of allylic oxidation sites excluding steroid dienone is 2. The number of methoxy groups -OCH3 is 1. The van der Waals surface area contributed by atoms with Gasteiger partial charge in [-0.3, -0.25) is 0 Å². The van der Waals surface area contributed by atoms with Crippen molar-refractivity contribution in [2.24, 2.45) is 0 Å². The topological polar surface area (TPSA) is 26.3 Å². The summed E-state index contributed by atoms with van der Waals surface area (Å²) in [5, 5.41) is 0. The number of rotatable bonds is 2. The van der Waals surface area contributed by atoms with Crippen molar-refractivity contribution in [2.75, 3.05) is 7.11 Å². The van der Waals surface area contributed by atoms with Crippen molar-refractivity contribution < 1.29 is 22.7 Å². The molecule has 0 heterocycles. The van der Waals surface area contributed by atoms with Crippen LogP contribution in [0.4, 0.5) is 13.2 Å². The van der Waals surface area contributed by atoms with Crippen LogP contribution in [-0.2, 0) is 10.9 Å². The second-order valence-corrected chi connectivity index (χ2v) is 4.74. The van der Waals surface area contributed by atoms with Crippen LogP contribution >= 0.6 is 0 Å². The molecule has 0 fully saturated rings. The van der Waals surface area contributed by atoms with Gasteiger partial charge in [-0.1, -0.05) is 18.2 Å². The molecule has 1 aromatic rings. The van der Waals surface area contributed by atoms with Crippen LogP contribution in [-0.4, -0.2) is 13.1 Å². The summed E-state index contributed by atoms with van der Waals surface area (Å²) in [7, 11) is 1.17. The van der Waals surface area contributed by atoms with Gasteiger partial charge in [0.05, 0.1) is 18.2 Å². The molecule has 0 aromatic heterocycles. The minimum absolute atomic E-state index is 0.0163. The molecule has 2 rings (SSSR count). The number of carbonyl (C=O) groups is 1. The minimum Gasteiger partial charge on any atom is -0.465 e. The third-order valence-corrected chi connectivity index (χ3v) is 3.49. The first kappa shape index (κ1) is 14.6. The number of carbonyl (C=O) groups excluding carboxylic acids is 1. The minimum atomic E-state index is -4.47. The van der Waals surface area contributed by atoms with Gasteiger partial charge in [-0.2, -0.15) is 13.2 Å². The lowest BCUT2D eigenvalue weighted by Crippen LogP contribution is -2.18. The second kappa shape index (κ2) is 5.69. The number of halogens is 3. The Kier molecular flexibility index (Phi) is 4.16. The van der Waals surface area contributed by atoms with Crippen molar-refractivity contribution in [3.05, 3.63) is 47.0 Å². The highest BCUT2D eigenvalue weighted by Crippen LogP contribution is 2.41. The van der Waals surface area contributed by atoms with Crippen molar-refractivity contribution in [1.29, 1.82) is 0 Å². The van der Waals surface area contributed by atoms with Crippen LogP contribution in [0.3, 0.4) is 0 Å². The van der Waals surface area contributed by atoms with Crippen LogP contribution in [0.2, 0.25) is 0 Å². The van der Waals surface area contributed by atoms with Gasteiger partial charge < -0.3 is 4.74 Å². The summed E-state index contributed by atoms with van der Waals surface area (Å²) >= 11 is 0. The third kappa shape index (κ3) is 2.86. The SMILES string of the molecule is COC(=O)c1cccc(C(F)(F)F)c1C1CC=CCC1. The summed E-state index contributed by atoms with van der Waals surface area (Å²) in [4.78, 5) is 11.7. The summed E-state index contributed by atoms with van der Waals surface area (Å²) in [6, 6.07) is 3.67. The average molecular weight is 284 g/mol. The van der Waals surface area contributed by atoms with Crippen LogP contribution in [0.5, 0.6) is 0 Å². The number of esters is 1. The zero-order valence-corrected chi connectivity index (χ0v) is 11.0. The van der Waals surface area contributed by atoms with E-state index in [0.717, 1.165) is 12.5 Å². The zero-order chi connectivity index (χ0) is 14.8. The van der Waals surface area contributed by atoms with Crippen LogP contribution in [0.15, 0.2) is 30.4 Å². The summed E-state index contributed by atoms with van der Waals surface area (Å²) in [6.45, 7) is 0. The van der Waals surface area contributed by atoms with Gasteiger partial charge >= 0.3 is 12.1 Å². The van der Waals surface area contributed by atoms with E-state index in [4.69, 9.17) is 0 Å². The first-order valence-corrected chi connectivity index (χ1v) is 6.38. The molecule has 108 valence electrons. The Labute approximate surface area is 115 Å². The molecule has 0 saturated heterocycles. The van der Waals surface area contributed by atoms with Gasteiger partial charge in [-0.05, 0) is 42.9 Å². The summed E-state index contributed by atoms with van der Waals surface area (Å²) in [5.41, 5.74) is -0.653. The Bertz CT molecular complexity index is 532. The fourth-order valence-corrected chi connectivity index (χ4v) is 2.60.